The average Bonchev–Trinajstić information content (AvgIpc) is 3.23. The number of nitrogens with zero attached hydrogens (tertiary/aromatic N) is 2. The van der Waals surface area contributed by atoms with Crippen LogP contribution in [0.1, 0.15) is 42.1 Å². The van der Waals surface area contributed by atoms with Crippen molar-refractivity contribution in [2.24, 2.45) is 0 Å². The zero-order chi connectivity index (χ0) is 21.1. The van der Waals surface area contributed by atoms with Crippen LogP contribution in [0.15, 0.2) is 65.8 Å². The van der Waals surface area contributed by atoms with Gasteiger partial charge in [-0.05, 0) is 53.3 Å². The second kappa shape index (κ2) is 9.23. The van der Waals surface area contributed by atoms with Crippen LogP contribution < -0.4 is 4.90 Å². The fraction of sp³-hybridized carbons (Fsp3) is 0.280. The van der Waals surface area contributed by atoms with Gasteiger partial charge in [-0.1, -0.05) is 55.8 Å². The molecule has 0 N–H and O–H groups in total. The highest BCUT2D eigenvalue weighted by molar-refractivity contribution is 7.99. The lowest BCUT2D eigenvalue weighted by Gasteiger charge is -2.22. The molecule has 1 atom stereocenters. The molecule has 5 heteroatoms. The number of hydrogen-bond donors (Lipinski definition) is 0. The maximum atomic E-state index is 11.8. The first-order chi connectivity index (χ1) is 14.5. The van der Waals surface area contributed by atoms with Crippen molar-refractivity contribution in [3.05, 3.63) is 76.9 Å². The van der Waals surface area contributed by atoms with Gasteiger partial charge >= 0.3 is 0 Å². The lowest BCUT2D eigenvalue weighted by Crippen LogP contribution is -2.21. The molecular weight excluding hydrogens is 412 g/mol. The van der Waals surface area contributed by atoms with E-state index in [2.05, 4.69) is 60.1 Å². The molecule has 1 aliphatic rings. The van der Waals surface area contributed by atoms with E-state index in [0.717, 1.165) is 47.6 Å². The second-order valence-corrected chi connectivity index (χ2v) is 9.68. The zero-order valence-corrected chi connectivity index (χ0v) is 18.8. The molecule has 3 aromatic rings. The Labute approximate surface area is 187 Å². The molecule has 0 bridgehead atoms. The van der Waals surface area contributed by atoms with Crippen molar-refractivity contribution in [2.45, 2.75) is 36.5 Å². The molecule has 30 heavy (non-hydrogen) atoms. The third kappa shape index (κ3) is 4.55. The number of thioether (sulfide) groups is 1. The minimum Gasteiger partial charge on any atom is -0.370 e. The molecule has 1 saturated heterocycles. The lowest BCUT2D eigenvalue weighted by atomic mass is 9.92. The Morgan fingerprint density at radius 1 is 1.17 bits per heavy atom. The molecule has 0 amide bonds. The van der Waals surface area contributed by atoms with E-state index in [1.54, 1.807) is 18.0 Å². The molecular formula is C25H25ClN2OS. The summed E-state index contributed by atoms with van der Waals surface area (Å²) < 4.78 is 0. The molecule has 2 aromatic carbocycles. The first-order valence-electron chi connectivity index (χ1n) is 10.3. The minimum atomic E-state index is 0.435. The quantitative estimate of drug-likeness (QED) is 0.402. The standard InChI is InChI=1S/C25H25ClN2OS/c1-17(2)22-5-3-4-6-23(22)18-7-8-19(16-29)24(13-18)28-12-11-21(15-28)30-25-10-9-20(26)14-27-25/h3-10,13-14,16-17,21H,11-12,15H2,1-2H3/t21-/m0/s1. The molecule has 1 fully saturated rings. The molecule has 0 spiro atoms. The highest BCUT2D eigenvalue weighted by atomic mass is 35.5. The van der Waals surface area contributed by atoms with Crippen LogP contribution in [0.2, 0.25) is 5.02 Å². The number of rotatable bonds is 6. The predicted octanol–water partition coefficient (Wildman–Crippen LogP) is 6.71. The summed E-state index contributed by atoms with van der Waals surface area (Å²) in [5, 5.41) is 2.08. The molecule has 1 aliphatic heterocycles. The molecule has 0 saturated carbocycles. The third-order valence-electron chi connectivity index (χ3n) is 5.52. The van der Waals surface area contributed by atoms with Gasteiger partial charge in [0.15, 0.2) is 6.29 Å². The van der Waals surface area contributed by atoms with Crippen molar-refractivity contribution in [1.82, 2.24) is 4.98 Å². The number of aromatic nitrogens is 1. The molecule has 0 unspecified atom stereocenters. The largest absolute Gasteiger partial charge is 0.370 e. The lowest BCUT2D eigenvalue weighted by molar-refractivity contribution is 0.112. The number of anilines is 1. The van der Waals surface area contributed by atoms with Crippen molar-refractivity contribution >= 4 is 35.3 Å². The van der Waals surface area contributed by atoms with Crippen molar-refractivity contribution < 1.29 is 4.79 Å². The van der Waals surface area contributed by atoms with Crippen molar-refractivity contribution in [1.29, 1.82) is 0 Å². The van der Waals surface area contributed by atoms with E-state index in [0.29, 0.717) is 16.2 Å². The van der Waals surface area contributed by atoms with Gasteiger partial charge in [0.05, 0.1) is 10.0 Å². The Hall–Kier alpha value is -2.30. The summed E-state index contributed by atoms with van der Waals surface area (Å²) in [6, 6.07) is 18.6. The van der Waals surface area contributed by atoms with Gasteiger partial charge < -0.3 is 4.90 Å². The topological polar surface area (TPSA) is 33.2 Å². The smallest absolute Gasteiger partial charge is 0.152 e. The molecule has 0 aliphatic carbocycles. The van der Waals surface area contributed by atoms with Crippen molar-refractivity contribution in [3.63, 3.8) is 0 Å². The Bertz CT molecular complexity index is 1040. The van der Waals surface area contributed by atoms with E-state index in [1.807, 2.05) is 18.2 Å². The first kappa shape index (κ1) is 21.0. The van der Waals surface area contributed by atoms with Gasteiger partial charge in [0.1, 0.15) is 0 Å². The van der Waals surface area contributed by atoms with Crippen LogP contribution in [0.3, 0.4) is 0 Å². The summed E-state index contributed by atoms with van der Waals surface area (Å²) in [7, 11) is 0. The second-order valence-electron chi connectivity index (χ2n) is 7.92. The van der Waals surface area contributed by atoms with Gasteiger partial charge in [0.25, 0.3) is 0 Å². The monoisotopic (exact) mass is 436 g/mol. The van der Waals surface area contributed by atoms with Gasteiger partial charge in [-0.15, -0.1) is 11.8 Å². The Kier molecular flexibility index (Phi) is 6.45. The molecule has 154 valence electrons. The molecule has 2 heterocycles. The highest BCUT2D eigenvalue weighted by Gasteiger charge is 2.26. The number of aldehydes is 1. The Balaban J connectivity index is 1.59. The third-order valence-corrected chi connectivity index (χ3v) is 6.95. The van der Waals surface area contributed by atoms with E-state index in [9.17, 15) is 4.79 Å². The van der Waals surface area contributed by atoms with E-state index >= 15 is 0 Å². The van der Waals surface area contributed by atoms with E-state index in [4.69, 9.17) is 11.6 Å². The Morgan fingerprint density at radius 2 is 2.00 bits per heavy atom. The maximum Gasteiger partial charge on any atom is 0.152 e. The van der Waals surface area contributed by atoms with Gasteiger partial charge in [0, 0.05) is 35.8 Å². The summed E-state index contributed by atoms with van der Waals surface area (Å²) in [6.45, 7) is 6.26. The summed E-state index contributed by atoms with van der Waals surface area (Å²) in [5.74, 6) is 0.440. The van der Waals surface area contributed by atoms with E-state index in [1.165, 1.54) is 11.1 Å². The van der Waals surface area contributed by atoms with Crippen LogP contribution in [0.25, 0.3) is 11.1 Å². The molecule has 3 nitrogen and oxygen atoms in total. The van der Waals surface area contributed by atoms with Crippen molar-refractivity contribution in [3.8, 4) is 11.1 Å². The number of benzene rings is 2. The summed E-state index contributed by atoms with van der Waals surface area (Å²) in [5.41, 5.74) is 5.49. The summed E-state index contributed by atoms with van der Waals surface area (Å²) in [4.78, 5) is 18.5. The SMILES string of the molecule is CC(C)c1ccccc1-c1ccc(C=O)c(N2CC[C@H](Sc3ccc(Cl)cn3)C2)c1. The zero-order valence-electron chi connectivity index (χ0n) is 17.2. The van der Waals surface area contributed by atoms with Gasteiger partial charge in [-0.25, -0.2) is 4.98 Å². The normalized spacial score (nSPS) is 16.3. The van der Waals surface area contributed by atoms with Gasteiger partial charge in [0.2, 0.25) is 0 Å². The molecule has 1 aromatic heterocycles. The Morgan fingerprint density at radius 3 is 2.73 bits per heavy atom. The van der Waals surface area contributed by atoms with Crippen LogP contribution in [-0.4, -0.2) is 29.6 Å². The van der Waals surface area contributed by atoms with Crippen LogP contribution in [-0.2, 0) is 0 Å². The fourth-order valence-corrected chi connectivity index (χ4v) is 5.19. The molecule has 0 radical (unpaired) electrons. The van der Waals surface area contributed by atoms with E-state index in [-0.39, 0.29) is 0 Å². The van der Waals surface area contributed by atoms with Crippen molar-refractivity contribution in [2.75, 3.05) is 18.0 Å². The number of pyridine rings is 1. The van der Waals surface area contributed by atoms with Crippen LogP contribution in [0.5, 0.6) is 0 Å². The maximum absolute atomic E-state index is 11.8. The number of carbonyl (C=O) groups excluding carboxylic acids is 1. The summed E-state index contributed by atoms with van der Waals surface area (Å²) >= 11 is 7.73. The van der Waals surface area contributed by atoms with Crippen LogP contribution >= 0.6 is 23.4 Å². The fourth-order valence-electron chi connectivity index (χ4n) is 3.99. The minimum absolute atomic E-state index is 0.435. The predicted molar refractivity (Wildman–Crippen MR) is 127 cm³/mol. The molecule has 4 rings (SSSR count). The first-order valence-corrected chi connectivity index (χ1v) is 11.5. The number of halogens is 1. The number of hydrogen-bond acceptors (Lipinski definition) is 4. The van der Waals surface area contributed by atoms with Crippen LogP contribution in [0, 0.1) is 0 Å². The highest BCUT2D eigenvalue weighted by Crippen LogP contribution is 2.36. The number of carbonyl (C=O) groups is 1. The van der Waals surface area contributed by atoms with E-state index < -0.39 is 0 Å². The average molecular weight is 437 g/mol. The van der Waals surface area contributed by atoms with Gasteiger partial charge in [-0.2, -0.15) is 0 Å². The van der Waals surface area contributed by atoms with Crippen LogP contribution in [0.4, 0.5) is 5.69 Å². The summed E-state index contributed by atoms with van der Waals surface area (Å²) in [6.07, 6.45) is 3.71. The van der Waals surface area contributed by atoms with Gasteiger partial charge in [-0.3, -0.25) is 4.79 Å².